The van der Waals surface area contributed by atoms with E-state index in [0.29, 0.717) is 17.9 Å². The average molecular weight is 526 g/mol. The van der Waals surface area contributed by atoms with E-state index in [1.54, 1.807) is 34.6 Å². The first-order valence-corrected chi connectivity index (χ1v) is 12.3. The number of benzene rings is 1. The fourth-order valence-electron chi connectivity index (χ4n) is 3.29. The van der Waals surface area contributed by atoms with Crippen LogP contribution in [0, 0.1) is 5.92 Å². The monoisotopic (exact) mass is 525 g/mol. The van der Waals surface area contributed by atoms with Crippen LogP contribution in [0.25, 0.3) is 0 Å². The molecule has 2 unspecified atom stereocenters. The van der Waals surface area contributed by atoms with Crippen LogP contribution in [0.4, 0.5) is 9.59 Å². The van der Waals surface area contributed by atoms with Gasteiger partial charge in [0.15, 0.2) is 11.5 Å². The van der Waals surface area contributed by atoms with Crippen molar-refractivity contribution in [3.8, 4) is 11.5 Å². The van der Waals surface area contributed by atoms with Gasteiger partial charge in [0.1, 0.15) is 6.04 Å². The SMILES string of the molecule is CC(C)CCC(=O)OC(C)CC(c1ccc(OC(=O)OC(C)C)c(OC(=O)OC(C)C)c1)[C@H](N)C(=O)O. The maximum absolute atomic E-state index is 12.2. The summed E-state index contributed by atoms with van der Waals surface area (Å²) >= 11 is 0. The Kier molecular flexibility index (Phi) is 12.9. The zero-order chi connectivity index (χ0) is 28.3. The first-order chi connectivity index (χ1) is 17.2. The first-order valence-electron chi connectivity index (χ1n) is 12.3. The summed E-state index contributed by atoms with van der Waals surface area (Å²) in [6.07, 6.45) is -2.68. The van der Waals surface area contributed by atoms with Gasteiger partial charge in [-0.25, -0.2) is 9.59 Å². The lowest BCUT2D eigenvalue weighted by Gasteiger charge is -2.25. The lowest BCUT2D eigenvalue weighted by atomic mass is 9.87. The van der Waals surface area contributed by atoms with Crippen molar-refractivity contribution >= 4 is 24.2 Å². The van der Waals surface area contributed by atoms with E-state index in [9.17, 15) is 24.3 Å². The second kappa shape index (κ2) is 15.0. The van der Waals surface area contributed by atoms with Crippen LogP contribution < -0.4 is 15.2 Å². The van der Waals surface area contributed by atoms with E-state index in [0.717, 1.165) is 0 Å². The Bertz CT molecular complexity index is 928. The molecule has 0 aliphatic rings. The maximum Gasteiger partial charge on any atom is 0.514 e. The van der Waals surface area contributed by atoms with Crippen LogP contribution in [0.1, 0.15) is 79.2 Å². The van der Waals surface area contributed by atoms with Gasteiger partial charge in [0.2, 0.25) is 0 Å². The number of ether oxygens (including phenoxy) is 5. The van der Waals surface area contributed by atoms with Crippen molar-refractivity contribution in [2.24, 2.45) is 11.7 Å². The summed E-state index contributed by atoms with van der Waals surface area (Å²) < 4.78 is 25.9. The summed E-state index contributed by atoms with van der Waals surface area (Å²) in [5.74, 6) is -2.53. The Morgan fingerprint density at radius 2 is 1.38 bits per heavy atom. The Hall–Kier alpha value is -3.34. The third-order valence-electron chi connectivity index (χ3n) is 5.01. The minimum Gasteiger partial charge on any atom is -0.480 e. The molecule has 3 N–H and O–H groups in total. The Labute approximate surface area is 217 Å². The predicted octanol–water partition coefficient (Wildman–Crippen LogP) is 4.79. The normalized spacial score (nSPS) is 13.6. The Morgan fingerprint density at radius 3 is 1.86 bits per heavy atom. The van der Waals surface area contributed by atoms with Crippen molar-refractivity contribution in [2.45, 2.75) is 98.0 Å². The smallest absolute Gasteiger partial charge is 0.480 e. The van der Waals surface area contributed by atoms with Gasteiger partial charge in [-0.2, -0.15) is 0 Å². The van der Waals surface area contributed by atoms with E-state index in [1.807, 2.05) is 13.8 Å². The molecular weight excluding hydrogens is 486 g/mol. The predicted molar refractivity (Wildman–Crippen MR) is 134 cm³/mol. The largest absolute Gasteiger partial charge is 0.514 e. The van der Waals surface area contributed by atoms with Crippen LogP contribution >= 0.6 is 0 Å². The lowest BCUT2D eigenvalue weighted by molar-refractivity contribution is -0.149. The van der Waals surface area contributed by atoms with Crippen molar-refractivity contribution < 1.29 is 48.0 Å². The Balaban J connectivity index is 3.28. The molecule has 0 spiro atoms. The van der Waals surface area contributed by atoms with Crippen molar-refractivity contribution in [3.05, 3.63) is 23.8 Å². The molecule has 1 rings (SSSR count). The summed E-state index contributed by atoms with van der Waals surface area (Å²) in [5, 5.41) is 9.60. The number of carboxylic acids is 1. The summed E-state index contributed by atoms with van der Waals surface area (Å²) in [4.78, 5) is 48.1. The van der Waals surface area contributed by atoms with Crippen LogP contribution in [0.5, 0.6) is 11.5 Å². The van der Waals surface area contributed by atoms with E-state index in [-0.39, 0.29) is 24.3 Å². The van der Waals surface area contributed by atoms with Crippen molar-refractivity contribution in [3.63, 3.8) is 0 Å². The number of carbonyl (C=O) groups is 4. The number of aliphatic carboxylic acids is 1. The first kappa shape index (κ1) is 31.7. The van der Waals surface area contributed by atoms with E-state index in [1.165, 1.54) is 18.2 Å². The Morgan fingerprint density at radius 1 is 0.838 bits per heavy atom. The quantitative estimate of drug-likeness (QED) is 0.207. The van der Waals surface area contributed by atoms with Crippen molar-refractivity contribution in [2.75, 3.05) is 0 Å². The second-order valence-corrected chi connectivity index (χ2v) is 9.68. The molecule has 0 bridgehead atoms. The molecular formula is C26H39NO10. The molecule has 0 aliphatic carbocycles. The third kappa shape index (κ3) is 12.0. The molecule has 0 aromatic heterocycles. The van der Waals surface area contributed by atoms with Crippen molar-refractivity contribution in [1.82, 2.24) is 0 Å². The summed E-state index contributed by atoms with van der Waals surface area (Å²) in [6, 6.07) is 2.78. The average Bonchev–Trinajstić information content (AvgIpc) is 2.75. The van der Waals surface area contributed by atoms with Gasteiger partial charge in [0.05, 0.1) is 18.3 Å². The molecule has 0 saturated heterocycles. The number of hydrogen-bond acceptors (Lipinski definition) is 10. The zero-order valence-corrected chi connectivity index (χ0v) is 22.5. The lowest BCUT2D eigenvalue weighted by Crippen LogP contribution is -2.38. The number of carbonyl (C=O) groups excluding carboxylic acids is 3. The number of hydrogen-bond donors (Lipinski definition) is 2. The summed E-state index contributed by atoms with van der Waals surface area (Å²) in [7, 11) is 0. The molecule has 3 atom stereocenters. The van der Waals surface area contributed by atoms with Gasteiger partial charge in [-0.05, 0) is 71.1 Å². The van der Waals surface area contributed by atoms with E-state index < -0.39 is 54.5 Å². The molecule has 0 aliphatic heterocycles. The molecule has 0 heterocycles. The molecule has 0 amide bonds. The molecule has 37 heavy (non-hydrogen) atoms. The van der Waals surface area contributed by atoms with Gasteiger partial charge in [-0.15, -0.1) is 0 Å². The highest BCUT2D eigenvalue weighted by Gasteiger charge is 2.30. The highest BCUT2D eigenvalue weighted by Crippen LogP contribution is 2.35. The molecule has 1 aromatic rings. The van der Waals surface area contributed by atoms with Crippen LogP contribution in [0.3, 0.4) is 0 Å². The molecule has 11 nitrogen and oxygen atoms in total. The van der Waals surface area contributed by atoms with Gasteiger partial charge in [0, 0.05) is 12.3 Å². The number of rotatable bonds is 13. The molecule has 0 radical (unpaired) electrons. The standard InChI is InChI=1S/C26H39NO10/c1-14(2)8-11-22(28)35-17(7)12-19(23(27)24(29)30)18-9-10-20(36-25(31)33-15(3)4)21(13-18)37-26(32)34-16(5)6/h9-10,13-17,19,23H,8,11-12,27H2,1-7H3,(H,29,30)/t17?,19?,23-/m0/s1. The highest BCUT2D eigenvalue weighted by atomic mass is 16.7. The van der Waals surface area contributed by atoms with Gasteiger partial charge in [-0.3, -0.25) is 9.59 Å². The third-order valence-corrected chi connectivity index (χ3v) is 5.01. The van der Waals surface area contributed by atoms with Gasteiger partial charge >= 0.3 is 24.2 Å². The fraction of sp³-hybridized carbons (Fsp3) is 0.615. The second-order valence-electron chi connectivity index (χ2n) is 9.68. The highest BCUT2D eigenvalue weighted by molar-refractivity contribution is 5.75. The summed E-state index contributed by atoms with van der Waals surface area (Å²) in [6.45, 7) is 12.1. The van der Waals surface area contributed by atoms with E-state index in [4.69, 9.17) is 29.4 Å². The number of carboxylic acid groups (broad SMARTS) is 1. The van der Waals surface area contributed by atoms with Crippen LogP contribution in [0.2, 0.25) is 0 Å². The van der Waals surface area contributed by atoms with Gasteiger partial charge < -0.3 is 34.5 Å². The van der Waals surface area contributed by atoms with Crippen LogP contribution in [-0.2, 0) is 23.8 Å². The maximum atomic E-state index is 12.2. The van der Waals surface area contributed by atoms with Gasteiger partial charge in [0.25, 0.3) is 0 Å². The molecule has 0 saturated carbocycles. The van der Waals surface area contributed by atoms with Crippen LogP contribution in [-0.4, -0.2) is 53.7 Å². The fourth-order valence-corrected chi connectivity index (χ4v) is 3.29. The topological polar surface area (TPSA) is 161 Å². The molecule has 11 heteroatoms. The van der Waals surface area contributed by atoms with E-state index >= 15 is 0 Å². The minimum atomic E-state index is -1.37. The molecule has 0 fully saturated rings. The van der Waals surface area contributed by atoms with E-state index in [2.05, 4.69) is 0 Å². The number of esters is 1. The van der Waals surface area contributed by atoms with Crippen molar-refractivity contribution in [1.29, 1.82) is 0 Å². The minimum absolute atomic E-state index is 0.0758. The van der Waals surface area contributed by atoms with Crippen LogP contribution in [0.15, 0.2) is 18.2 Å². The molecule has 208 valence electrons. The van der Waals surface area contributed by atoms with Gasteiger partial charge in [-0.1, -0.05) is 19.9 Å². The summed E-state index contributed by atoms with van der Waals surface area (Å²) in [5.41, 5.74) is 6.34. The zero-order valence-electron chi connectivity index (χ0n) is 22.5. The molecule has 1 aromatic carbocycles. The number of nitrogens with two attached hydrogens (primary N) is 1.